The van der Waals surface area contributed by atoms with Gasteiger partial charge in [0.25, 0.3) is 18.8 Å². The molecule has 4 bridgehead atoms. The predicted octanol–water partition coefficient (Wildman–Crippen LogP) is 6.78. The molecular weight excluding hydrogens is 474 g/mol. The lowest BCUT2D eigenvalue weighted by molar-refractivity contribution is -0.0728. The third-order valence-corrected chi connectivity index (χ3v) is 8.49. The lowest BCUT2D eigenvalue weighted by Crippen LogP contribution is -2.56. The molecule has 6 rings (SSSR count). The first-order valence-corrected chi connectivity index (χ1v) is 12.3. The molecule has 34 heavy (non-hydrogen) atoms. The Morgan fingerprint density at radius 1 is 1.15 bits per heavy atom. The van der Waals surface area contributed by atoms with Gasteiger partial charge >= 0.3 is 0 Å². The van der Waals surface area contributed by atoms with Crippen molar-refractivity contribution in [1.29, 1.82) is 0 Å². The van der Waals surface area contributed by atoms with E-state index in [1.807, 2.05) is 0 Å². The molecule has 2 aromatic rings. The Labute approximate surface area is 200 Å². The first kappa shape index (κ1) is 23.7. The van der Waals surface area contributed by atoms with Crippen LogP contribution >= 0.6 is 11.6 Å². The molecule has 1 N–H and O–H groups in total. The third-order valence-electron chi connectivity index (χ3n) is 8.10. The molecule has 4 saturated carbocycles. The van der Waals surface area contributed by atoms with Crippen LogP contribution in [0.15, 0.2) is 16.5 Å². The normalized spacial score (nSPS) is 28.8. The third kappa shape index (κ3) is 4.14. The van der Waals surface area contributed by atoms with E-state index in [-0.39, 0.29) is 35.4 Å². The fraction of sp³-hybridized carbons (Fsp3) is 0.667. The van der Waals surface area contributed by atoms with Crippen LogP contribution in [0.5, 0.6) is 0 Å². The van der Waals surface area contributed by atoms with Crippen LogP contribution in [-0.2, 0) is 6.54 Å². The first-order chi connectivity index (χ1) is 16.2. The molecule has 1 atom stereocenters. The number of hydrogen-bond donors (Lipinski definition) is 1. The summed E-state index contributed by atoms with van der Waals surface area (Å²) in [5.74, 6) is 2.13. The molecule has 4 fully saturated rings. The van der Waals surface area contributed by atoms with Crippen LogP contribution in [0.2, 0.25) is 5.02 Å². The maximum atomic E-state index is 13.4. The molecule has 0 aromatic carbocycles. The Morgan fingerprint density at radius 3 is 2.29 bits per heavy atom. The van der Waals surface area contributed by atoms with E-state index < -0.39 is 29.3 Å². The van der Waals surface area contributed by atoms with Gasteiger partial charge in [0.15, 0.2) is 5.76 Å². The minimum absolute atomic E-state index is 0.0471. The minimum atomic E-state index is -3.09. The molecule has 4 aliphatic rings. The zero-order valence-corrected chi connectivity index (χ0v) is 19.6. The second-order valence-corrected chi connectivity index (χ2v) is 10.7. The average Bonchev–Trinajstić information content (AvgIpc) is 3.35. The Bertz CT molecular complexity index is 1030. The highest BCUT2D eigenvalue weighted by Gasteiger charge is 2.54. The van der Waals surface area contributed by atoms with Gasteiger partial charge in [-0.05, 0) is 80.2 Å². The number of nitrogens with one attached hydrogen (secondary N) is 1. The van der Waals surface area contributed by atoms with Crippen molar-refractivity contribution >= 4 is 17.5 Å². The quantitative estimate of drug-likeness (QED) is 0.406. The molecule has 2 heterocycles. The van der Waals surface area contributed by atoms with Crippen LogP contribution in [0.3, 0.4) is 0 Å². The molecule has 1 amide bonds. The highest BCUT2D eigenvalue weighted by molar-refractivity contribution is 6.32. The first-order valence-electron chi connectivity index (χ1n) is 11.9. The Balaban J connectivity index is 1.31. The highest BCUT2D eigenvalue weighted by Crippen LogP contribution is 2.61. The van der Waals surface area contributed by atoms with Crippen molar-refractivity contribution < 1.29 is 26.8 Å². The molecule has 186 valence electrons. The van der Waals surface area contributed by atoms with E-state index in [0.29, 0.717) is 4.68 Å². The van der Waals surface area contributed by atoms with Gasteiger partial charge in [-0.25, -0.2) is 17.6 Å². The molecule has 0 aliphatic heterocycles. The Kier molecular flexibility index (Phi) is 6.19. The molecule has 10 heteroatoms. The van der Waals surface area contributed by atoms with Crippen molar-refractivity contribution in [3.05, 3.63) is 40.1 Å². The summed E-state index contributed by atoms with van der Waals surface area (Å²) >= 11 is 5.71. The van der Waals surface area contributed by atoms with Crippen LogP contribution in [0.4, 0.5) is 17.6 Å². The lowest BCUT2D eigenvalue weighted by atomic mass is 9.47. The molecule has 0 saturated heterocycles. The molecule has 5 nitrogen and oxygen atoms in total. The summed E-state index contributed by atoms with van der Waals surface area (Å²) in [4.78, 5) is 13.0. The van der Waals surface area contributed by atoms with E-state index in [1.165, 1.54) is 31.4 Å². The minimum Gasteiger partial charge on any atom is -0.454 e. The second-order valence-electron chi connectivity index (χ2n) is 10.3. The molecule has 0 spiro atoms. The average molecular weight is 502 g/mol. The lowest BCUT2D eigenvalue weighted by Gasteiger charge is -2.59. The van der Waals surface area contributed by atoms with Crippen LogP contribution in [0.25, 0.3) is 0 Å². The van der Waals surface area contributed by atoms with E-state index in [0.717, 1.165) is 43.4 Å². The number of amides is 1. The fourth-order valence-corrected chi connectivity index (χ4v) is 7.50. The maximum Gasteiger partial charge on any atom is 0.287 e. The van der Waals surface area contributed by atoms with Crippen molar-refractivity contribution in [2.75, 3.05) is 0 Å². The van der Waals surface area contributed by atoms with Gasteiger partial charge in [0, 0.05) is 6.04 Å². The maximum absolute atomic E-state index is 13.4. The largest absolute Gasteiger partial charge is 0.454 e. The molecular formula is C24H28ClF4N3O2. The SMILES string of the molecule is CCC(NC(=O)c1ccc(Cn2nc(C(F)F)c(Cl)c2C(F)F)o1)C12CC3CC(CC(C3)C1)C2. The van der Waals surface area contributed by atoms with E-state index >= 15 is 0 Å². The van der Waals surface area contributed by atoms with Crippen LogP contribution in [0, 0.1) is 23.2 Å². The number of rotatable bonds is 8. The van der Waals surface area contributed by atoms with Gasteiger partial charge < -0.3 is 9.73 Å². The van der Waals surface area contributed by atoms with Crippen LogP contribution in [-0.4, -0.2) is 21.7 Å². The van der Waals surface area contributed by atoms with E-state index in [9.17, 15) is 22.4 Å². The van der Waals surface area contributed by atoms with Crippen molar-refractivity contribution in [1.82, 2.24) is 15.1 Å². The van der Waals surface area contributed by atoms with Gasteiger partial charge in [0.2, 0.25) is 0 Å². The molecule has 2 aromatic heterocycles. The summed E-state index contributed by atoms with van der Waals surface area (Å²) in [6.07, 6.45) is 2.07. The van der Waals surface area contributed by atoms with Crippen molar-refractivity contribution in [2.24, 2.45) is 23.2 Å². The summed E-state index contributed by atoms with van der Waals surface area (Å²) < 4.78 is 59.3. The number of nitrogens with zero attached hydrogens (tertiary/aromatic N) is 2. The number of hydrogen-bond acceptors (Lipinski definition) is 3. The number of furan rings is 1. The molecule has 0 radical (unpaired) electrons. The second kappa shape index (κ2) is 8.88. The van der Waals surface area contributed by atoms with Gasteiger partial charge in [-0.15, -0.1) is 0 Å². The van der Waals surface area contributed by atoms with Gasteiger partial charge in [-0.1, -0.05) is 18.5 Å². The Morgan fingerprint density at radius 2 is 1.76 bits per heavy atom. The predicted molar refractivity (Wildman–Crippen MR) is 117 cm³/mol. The monoisotopic (exact) mass is 501 g/mol. The van der Waals surface area contributed by atoms with Crippen molar-refractivity contribution in [2.45, 2.75) is 77.3 Å². The van der Waals surface area contributed by atoms with Gasteiger partial charge in [-0.2, -0.15) is 5.10 Å². The standard InChI is InChI=1S/C24H28ClF4N3O2/c1-2-17(24-8-12-5-13(9-24)7-14(6-12)10-24)30-23(33)16-4-3-15(34-16)11-32-20(22(28)29)18(25)19(31-32)21(26)27/h3-4,12-14,17,21-22H,2,5-11H2,1H3,(H,30,33). The van der Waals surface area contributed by atoms with E-state index in [4.69, 9.17) is 16.0 Å². The van der Waals surface area contributed by atoms with Crippen LogP contribution < -0.4 is 5.32 Å². The number of aromatic nitrogens is 2. The summed E-state index contributed by atoms with van der Waals surface area (Å²) in [6.45, 7) is 1.75. The zero-order valence-electron chi connectivity index (χ0n) is 18.9. The summed E-state index contributed by atoms with van der Waals surface area (Å²) in [7, 11) is 0. The number of carbonyl (C=O) groups excluding carboxylic acids is 1. The van der Waals surface area contributed by atoms with Crippen molar-refractivity contribution in [3.8, 4) is 0 Å². The number of carbonyl (C=O) groups is 1. The number of alkyl halides is 4. The number of halogens is 5. The summed E-state index contributed by atoms with van der Waals surface area (Å²) in [5.41, 5.74) is -1.56. The van der Waals surface area contributed by atoms with E-state index in [1.54, 1.807) is 0 Å². The summed E-state index contributed by atoms with van der Waals surface area (Å²) in [6, 6.07) is 2.98. The van der Waals surface area contributed by atoms with E-state index in [2.05, 4.69) is 17.3 Å². The molecule has 4 aliphatic carbocycles. The van der Waals surface area contributed by atoms with Crippen LogP contribution in [0.1, 0.15) is 92.4 Å². The summed E-state index contributed by atoms with van der Waals surface area (Å²) in [5, 5.41) is 5.97. The Hall–Kier alpha value is -2.03. The molecule has 1 unspecified atom stereocenters. The fourth-order valence-electron chi connectivity index (χ4n) is 7.20. The van der Waals surface area contributed by atoms with Gasteiger partial charge in [0.1, 0.15) is 17.1 Å². The smallest absolute Gasteiger partial charge is 0.287 e. The van der Waals surface area contributed by atoms with Gasteiger partial charge in [-0.3, -0.25) is 9.48 Å². The van der Waals surface area contributed by atoms with Crippen molar-refractivity contribution in [3.63, 3.8) is 0 Å². The van der Waals surface area contributed by atoms with Gasteiger partial charge in [0.05, 0.1) is 11.6 Å². The topological polar surface area (TPSA) is 60.1 Å². The highest BCUT2D eigenvalue weighted by atomic mass is 35.5. The zero-order chi connectivity index (χ0) is 24.2.